The Morgan fingerprint density at radius 1 is 1.23 bits per heavy atom. The molecule has 1 aliphatic rings. The molecule has 0 atom stereocenters. The molecule has 1 amide bonds. The van der Waals surface area contributed by atoms with Crippen molar-refractivity contribution in [3.8, 4) is 6.07 Å². The van der Waals surface area contributed by atoms with Gasteiger partial charge in [0, 0.05) is 0 Å². The van der Waals surface area contributed by atoms with Gasteiger partial charge in [0.05, 0.1) is 16.5 Å². The summed E-state index contributed by atoms with van der Waals surface area (Å²) in [5.74, 6) is -5.11. The van der Waals surface area contributed by atoms with Crippen molar-refractivity contribution in [2.75, 3.05) is 6.61 Å². The number of hydrogen-bond acceptors (Lipinski definition) is 6. The fourth-order valence-electron chi connectivity index (χ4n) is 2.64. The van der Waals surface area contributed by atoms with E-state index in [-0.39, 0.29) is 5.56 Å². The monoisotopic (exact) mass is 386 g/mol. The van der Waals surface area contributed by atoms with Gasteiger partial charge in [-0.3, -0.25) is 4.79 Å². The van der Waals surface area contributed by atoms with Gasteiger partial charge in [-0.1, -0.05) is 0 Å². The molecule has 140 valence electrons. The summed E-state index contributed by atoms with van der Waals surface area (Å²) in [6.45, 7) is -0.612. The number of amides is 1. The lowest BCUT2D eigenvalue weighted by molar-refractivity contribution is -0.125. The topological polar surface area (TPSA) is 113 Å². The van der Waals surface area contributed by atoms with Crippen molar-refractivity contribution < 1.29 is 31.5 Å². The average molecular weight is 386 g/mol. The van der Waals surface area contributed by atoms with Crippen LogP contribution in [0.4, 0.5) is 8.78 Å². The lowest BCUT2D eigenvalue weighted by Gasteiger charge is -2.21. The smallest absolute Gasteiger partial charge is 0.341 e. The predicted octanol–water partition coefficient (Wildman–Crippen LogP) is 1.79. The second-order valence-corrected chi connectivity index (χ2v) is 7.77. The van der Waals surface area contributed by atoms with Crippen LogP contribution in [0.15, 0.2) is 29.2 Å². The van der Waals surface area contributed by atoms with Crippen LogP contribution in [0.3, 0.4) is 0 Å². The number of benzene rings is 1. The second-order valence-electron chi connectivity index (χ2n) is 5.86. The first-order chi connectivity index (χ1) is 12.2. The molecule has 1 aromatic rings. The molecule has 26 heavy (non-hydrogen) atoms. The van der Waals surface area contributed by atoms with E-state index in [1.807, 2.05) is 0 Å². The third-order valence-electron chi connectivity index (χ3n) is 4.04. The standard InChI is InChI=1S/C16H16F2N2O5S/c17-15(18)26(23,24)12-5-3-11(4-6-12)14(22)25-9-13(21)20-16(10-19)7-1-2-8-16/h3-6,15H,1-2,7-9H2,(H,20,21). The minimum atomic E-state index is -4.75. The summed E-state index contributed by atoms with van der Waals surface area (Å²) in [6, 6.07) is 5.83. The van der Waals surface area contributed by atoms with Gasteiger partial charge in [-0.15, -0.1) is 0 Å². The maximum Gasteiger partial charge on any atom is 0.341 e. The molecule has 0 saturated heterocycles. The molecule has 7 nitrogen and oxygen atoms in total. The van der Waals surface area contributed by atoms with Crippen molar-refractivity contribution >= 4 is 21.7 Å². The minimum Gasteiger partial charge on any atom is -0.452 e. The maximum atomic E-state index is 12.4. The van der Waals surface area contributed by atoms with Crippen molar-refractivity contribution in [3.05, 3.63) is 29.8 Å². The number of sulfone groups is 1. The van der Waals surface area contributed by atoms with E-state index in [2.05, 4.69) is 11.4 Å². The van der Waals surface area contributed by atoms with Crippen LogP contribution >= 0.6 is 0 Å². The molecule has 0 aliphatic heterocycles. The van der Waals surface area contributed by atoms with Gasteiger partial charge in [0.1, 0.15) is 5.54 Å². The van der Waals surface area contributed by atoms with E-state index in [4.69, 9.17) is 4.74 Å². The molecule has 2 rings (SSSR count). The predicted molar refractivity (Wildman–Crippen MR) is 84.9 cm³/mol. The number of nitrogens with one attached hydrogen (secondary N) is 1. The van der Waals surface area contributed by atoms with Crippen LogP contribution in [0.1, 0.15) is 36.0 Å². The number of alkyl halides is 2. The summed E-state index contributed by atoms with van der Waals surface area (Å²) in [5, 5.41) is 11.7. The normalized spacial score (nSPS) is 16.1. The van der Waals surface area contributed by atoms with Crippen molar-refractivity contribution in [2.24, 2.45) is 0 Å². The summed E-state index contributed by atoms with van der Waals surface area (Å²) >= 11 is 0. The first-order valence-electron chi connectivity index (χ1n) is 7.72. The molecule has 1 fully saturated rings. The number of rotatable bonds is 6. The summed E-state index contributed by atoms with van der Waals surface area (Å²) in [5.41, 5.74) is -1.03. The van der Waals surface area contributed by atoms with E-state index in [1.165, 1.54) is 0 Å². The number of ether oxygens (including phenoxy) is 1. The van der Waals surface area contributed by atoms with E-state index in [0.717, 1.165) is 37.1 Å². The molecule has 0 heterocycles. The Morgan fingerprint density at radius 2 is 1.81 bits per heavy atom. The van der Waals surface area contributed by atoms with Crippen molar-refractivity contribution in [1.29, 1.82) is 5.26 Å². The zero-order valence-electron chi connectivity index (χ0n) is 13.6. The molecular weight excluding hydrogens is 370 g/mol. The van der Waals surface area contributed by atoms with E-state index in [0.29, 0.717) is 12.8 Å². The Balaban J connectivity index is 1.94. The van der Waals surface area contributed by atoms with Crippen LogP contribution in [-0.2, 0) is 19.4 Å². The van der Waals surface area contributed by atoms with Gasteiger partial charge in [-0.25, -0.2) is 13.2 Å². The summed E-state index contributed by atoms with van der Waals surface area (Å²) in [4.78, 5) is 23.1. The minimum absolute atomic E-state index is 0.0955. The largest absolute Gasteiger partial charge is 0.452 e. The van der Waals surface area contributed by atoms with Crippen LogP contribution in [0.25, 0.3) is 0 Å². The zero-order chi connectivity index (χ0) is 19.4. The summed E-state index contributed by atoms with van der Waals surface area (Å²) in [6.07, 6.45) is 2.70. The highest BCUT2D eigenvalue weighted by Crippen LogP contribution is 2.28. The molecule has 0 radical (unpaired) electrons. The van der Waals surface area contributed by atoms with E-state index < -0.39 is 44.5 Å². The average Bonchev–Trinajstić information content (AvgIpc) is 3.08. The van der Waals surface area contributed by atoms with Gasteiger partial charge in [-0.2, -0.15) is 14.0 Å². The molecular formula is C16H16F2N2O5S. The highest BCUT2D eigenvalue weighted by molar-refractivity contribution is 7.91. The van der Waals surface area contributed by atoms with Gasteiger partial charge >= 0.3 is 11.7 Å². The van der Waals surface area contributed by atoms with Crippen molar-refractivity contribution in [1.82, 2.24) is 5.32 Å². The third-order valence-corrected chi connectivity index (χ3v) is 5.44. The fraction of sp³-hybridized carbons (Fsp3) is 0.438. The van der Waals surface area contributed by atoms with Gasteiger partial charge in [0.25, 0.3) is 5.91 Å². The molecule has 0 spiro atoms. The molecule has 10 heteroatoms. The van der Waals surface area contributed by atoms with Crippen LogP contribution in [0.2, 0.25) is 0 Å². The SMILES string of the molecule is N#CC1(NC(=O)COC(=O)c2ccc(S(=O)(=O)C(F)F)cc2)CCCC1. The number of nitrogens with zero attached hydrogens (tertiary/aromatic N) is 1. The summed E-state index contributed by atoms with van der Waals surface area (Å²) < 4.78 is 52.3. The van der Waals surface area contributed by atoms with E-state index in [9.17, 15) is 32.0 Å². The van der Waals surface area contributed by atoms with Gasteiger partial charge in [0.2, 0.25) is 9.84 Å². The lowest BCUT2D eigenvalue weighted by atomic mass is 10.00. The second kappa shape index (κ2) is 7.78. The highest BCUT2D eigenvalue weighted by atomic mass is 32.2. The van der Waals surface area contributed by atoms with E-state index in [1.54, 1.807) is 0 Å². The highest BCUT2D eigenvalue weighted by Gasteiger charge is 2.35. The van der Waals surface area contributed by atoms with Gasteiger partial charge < -0.3 is 10.1 Å². The van der Waals surface area contributed by atoms with Crippen molar-refractivity contribution in [3.63, 3.8) is 0 Å². The molecule has 1 aliphatic carbocycles. The number of halogens is 2. The first kappa shape index (κ1) is 19.8. The molecule has 1 N–H and O–H groups in total. The van der Waals surface area contributed by atoms with Crippen molar-refractivity contribution in [2.45, 2.75) is 41.9 Å². The van der Waals surface area contributed by atoms with Crippen LogP contribution in [-0.4, -0.2) is 38.2 Å². The maximum absolute atomic E-state index is 12.4. The molecule has 0 bridgehead atoms. The third kappa shape index (κ3) is 4.35. The Morgan fingerprint density at radius 3 is 2.31 bits per heavy atom. The number of carbonyl (C=O) groups is 2. The quantitative estimate of drug-likeness (QED) is 0.746. The Hall–Kier alpha value is -2.54. The number of nitriles is 1. The molecule has 0 aromatic heterocycles. The summed E-state index contributed by atoms with van der Waals surface area (Å²) in [7, 11) is -4.75. The fourth-order valence-corrected chi connectivity index (χ4v) is 3.37. The number of esters is 1. The van der Waals surface area contributed by atoms with Crippen LogP contribution in [0.5, 0.6) is 0 Å². The molecule has 1 aromatic carbocycles. The van der Waals surface area contributed by atoms with Crippen LogP contribution in [0, 0.1) is 11.3 Å². The molecule has 0 unspecified atom stereocenters. The number of carbonyl (C=O) groups excluding carboxylic acids is 2. The van der Waals surface area contributed by atoms with Crippen LogP contribution < -0.4 is 5.32 Å². The first-order valence-corrected chi connectivity index (χ1v) is 9.26. The Bertz CT molecular complexity index is 825. The number of hydrogen-bond donors (Lipinski definition) is 1. The van der Waals surface area contributed by atoms with Gasteiger partial charge in [-0.05, 0) is 49.9 Å². The van der Waals surface area contributed by atoms with Gasteiger partial charge in [0.15, 0.2) is 6.61 Å². The zero-order valence-corrected chi connectivity index (χ0v) is 14.4. The molecule has 1 saturated carbocycles. The Kier molecular flexibility index (Phi) is 5.92. The van der Waals surface area contributed by atoms with E-state index >= 15 is 0 Å². The lowest BCUT2D eigenvalue weighted by Crippen LogP contribution is -2.46. The Labute approximate surface area is 148 Å².